The molecule has 1 aromatic heterocycles. The fraction of sp³-hybridized carbons (Fsp3) is 0.409. The highest BCUT2D eigenvalue weighted by Crippen LogP contribution is 2.28. The number of rotatable bonds is 3. The summed E-state index contributed by atoms with van der Waals surface area (Å²) in [5.74, 6) is 1.67. The molecule has 0 amide bonds. The first-order valence-corrected chi connectivity index (χ1v) is 9.07. The minimum absolute atomic E-state index is 0.364. The Balaban J connectivity index is 1.80. The molecule has 2 aromatic rings. The molecule has 0 saturated heterocycles. The van der Waals surface area contributed by atoms with Gasteiger partial charge in [-0.1, -0.05) is 31.2 Å². The van der Waals surface area contributed by atoms with E-state index in [0.717, 1.165) is 22.2 Å². The second-order valence-corrected chi connectivity index (χ2v) is 7.95. The van der Waals surface area contributed by atoms with Gasteiger partial charge in [-0.25, -0.2) is 4.79 Å². The Kier molecular flexibility index (Phi) is 4.94. The van der Waals surface area contributed by atoms with Crippen LogP contribution < -0.4 is 4.74 Å². The molecule has 1 aliphatic carbocycles. The van der Waals surface area contributed by atoms with E-state index in [2.05, 4.69) is 31.2 Å². The maximum absolute atomic E-state index is 12.4. The summed E-state index contributed by atoms with van der Waals surface area (Å²) in [4.78, 5) is 12.4. The molecule has 0 fully saturated rings. The van der Waals surface area contributed by atoms with E-state index in [-0.39, 0.29) is 6.09 Å². The number of aryl methyl sites for hydroxylation is 1. The van der Waals surface area contributed by atoms with E-state index in [1.807, 2.05) is 45.9 Å². The highest BCUT2D eigenvalue weighted by Gasteiger charge is 2.20. The lowest BCUT2D eigenvalue weighted by Gasteiger charge is -2.21. The third kappa shape index (κ3) is 4.01. The summed E-state index contributed by atoms with van der Waals surface area (Å²) < 4.78 is 13.1. The monoisotopic (exact) mass is 353 g/mol. The fourth-order valence-electron chi connectivity index (χ4n) is 3.17. The lowest BCUT2D eigenvalue weighted by molar-refractivity contribution is 0.0544. The number of carbonyl (C=O) groups is 1. The zero-order valence-electron chi connectivity index (χ0n) is 16.2. The van der Waals surface area contributed by atoms with Gasteiger partial charge in [0, 0.05) is 17.5 Å². The van der Waals surface area contributed by atoms with Crippen molar-refractivity contribution >= 4 is 17.0 Å². The Hall–Kier alpha value is -2.49. The molecule has 0 saturated carbocycles. The zero-order chi connectivity index (χ0) is 18.9. The lowest BCUT2D eigenvalue weighted by Crippen LogP contribution is -2.26. The van der Waals surface area contributed by atoms with Gasteiger partial charge in [0.2, 0.25) is 0 Å². The first-order chi connectivity index (χ1) is 12.2. The van der Waals surface area contributed by atoms with Crippen LogP contribution in [0.15, 0.2) is 48.7 Å². The number of fused-ring (bicyclic) bond motifs is 1. The predicted molar refractivity (Wildman–Crippen MR) is 105 cm³/mol. The number of benzene rings is 1. The van der Waals surface area contributed by atoms with Crippen molar-refractivity contribution in [2.45, 2.75) is 40.2 Å². The van der Waals surface area contributed by atoms with Crippen molar-refractivity contribution in [3.05, 3.63) is 54.3 Å². The zero-order valence-corrected chi connectivity index (χ0v) is 16.2. The number of ether oxygens (including phenoxy) is 2. The van der Waals surface area contributed by atoms with Gasteiger partial charge >= 0.3 is 6.09 Å². The van der Waals surface area contributed by atoms with Gasteiger partial charge in [0.1, 0.15) is 11.4 Å². The third-order valence-corrected chi connectivity index (χ3v) is 4.54. The molecule has 1 aromatic carbocycles. The number of hydrogen-bond donors (Lipinski definition) is 0. The average molecular weight is 353 g/mol. The molecule has 3 rings (SSSR count). The molecule has 4 heteroatoms. The molecule has 0 spiro atoms. The molecular weight excluding hydrogens is 326 g/mol. The van der Waals surface area contributed by atoms with E-state index in [1.54, 1.807) is 10.8 Å². The fourth-order valence-corrected chi connectivity index (χ4v) is 3.17. The molecule has 0 aliphatic heterocycles. The van der Waals surface area contributed by atoms with Crippen molar-refractivity contribution in [2.75, 3.05) is 6.61 Å². The van der Waals surface area contributed by atoms with Crippen molar-refractivity contribution in [3.8, 4) is 5.75 Å². The van der Waals surface area contributed by atoms with Crippen LogP contribution in [0.3, 0.4) is 0 Å². The Bertz CT molecular complexity index is 867. The Morgan fingerprint density at radius 2 is 1.92 bits per heavy atom. The molecular formula is C22H27NO3. The first-order valence-electron chi connectivity index (χ1n) is 9.07. The summed E-state index contributed by atoms with van der Waals surface area (Å²) in [6, 6.07) is 5.89. The number of nitrogens with zero attached hydrogens (tertiary/aromatic N) is 1. The molecule has 0 bridgehead atoms. The third-order valence-electron chi connectivity index (χ3n) is 4.54. The van der Waals surface area contributed by atoms with Gasteiger partial charge < -0.3 is 9.47 Å². The van der Waals surface area contributed by atoms with Crippen LogP contribution in [0.5, 0.6) is 5.75 Å². The predicted octanol–water partition coefficient (Wildman–Crippen LogP) is 5.49. The summed E-state index contributed by atoms with van der Waals surface area (Å²) in [6.07, 6.45) is 9.93. The second kappa shape index (κ2) is 7.02. The summed E-state index contributed by atoms with van der Waals surface area (Å²) in [6.45, 7) is 10.4. The van der Waals surface area contributed by atoms with E-state index in [0.29, 0.717) is 18.4 Å². The van der Waals surface area contributed by atoms with Gasteiger partial charge in [0.05, 0.1) is 12.1 Å². The summed E-state index contributed by atoms with van der Waals surface area (Å²) in [5.41, 5.74) is 1.32. The summed E-state index contributed by atoms with van der Waals surface area (Å²) >= 11 is 0. The number of aromatic nitrogens is 1. The molecule has 1 aliphatic rings. The van der Waals surface area contributed by atoms with Gasteiger partial charge in [0.25, 0.3) is 0 Å². The van der Waals surface area contributed by atoms with Crippen molar-refractivity contribution in [1.29, 1.82) is 0 Å². The van der Waals surface area contributed by atoms with Crippen molar-refractivity contribution in [3.63, 3.8) is 0 Å². The molecule has 1 heterocycles. The van der Waals surface area contributed by atoms with Gasteiger partial charge in [-0.3, -0.25) is 4.57 Å². The highest BCUT2D eigenvalue weighted by molar-refractivity contribution is 5.92. The number of carbonyl (C=O) groups excluding carboxylic acids is 1. The van der Waals surface area contributed by atoms with Crippen molar-refractivity contribution in [2.24, 2.45) is 11.8 Å². The van der Waals surface area contributed by atoms with Crippen LogP contribution in [0, 0.1) is 18.8 Å². The van der Waals surface area contributed by atoms with Gasteiger partial charge in [-0.15, -0.1) is 0 Å². The van der Waals surface area contributed by atoms with Crippen LogP contribution in [-0.2, 0) is 4.74 Å². The van der Waals surface area contributed by atoms with Crippen LogP contribution in [0.25, 0.3) is 10.9 Å². The first kappa shape index (κ1) is 18.3. The van der Waals surface area contributed by atoms with Gasteiger partial charge in [-0.2, -0.15) is 0 Å². The number of hydrogen-bond acceptors (Lipinski definition) is 3. The van der Waals surface area contributed by atoms with Gasteiger partial charge in [0.15, 0.2) is 0 Å². The van der Waals surface area contributed by atoms with Crippen molar-refractivity contribution < 1.29 is 14.3 Å². The van der Waals surface area contributed by atoms with E-state index in [4.69, 9.17) is 9.47 Å². The lowest BCUT2D eigenvalue weighted by atomic mass is 9.91. The standard InChI is InChI=1S/C22H27NO3/c1-15-8-6-7-9-18(15)14-25-19-12-16(2)20-17(13-19)10-11-23(20)21(24)26-22(3,4)5/h6-13,15,18H,14H2,1-5H3. The smallest absolute Gasteiger partial charge is 0.418 e. The average Bonchev–Trinajstić information content (AvgIpc) is 2.97. The van der Waals surface area contributed by atoms with E-state index in [9.17, 15) is 4.79 Å². The molecule has 4 nitrogen and oxygen atoms in total. The molecule has 138 valence electrons. The van der Waals surface area contributed by atoms with E-state index in [1.165, 1.54) is 0 Å². The molecule has 0 N–H and O–H groups in total. The van der Waals surface area contributed by atoms with Crippen LogP contribution in [0.2, 0.25) is 0 Å². The SMILES string of the molecule is Cc1cc(OCC2C=CC=CC2C)cc2ccn(C(=O)OC(C)(C)C)c12. The normalized spacial score (nSPS) is 19.7. The summed E-state index contributed by atoms with van der Waals surface area (Å²) in [5, 5.41) is 0.970. The number of allylic oxidation sites excluding steroid dienone is 3. The Labute approximate surface area is 155 Å². The molecule has 2 unspecified atom stereocenters. The maximum Gasteiger partial charge on any atom is 0.418 e. The maximum atomic E-state index is 12.4. The summed E-state index contributed by atoms with van der Waals surface area (Å²) in [7, 11) is 0. The molecule has 2 atom stereocenters. The topological polar surface area (TPSA) is 40.5 Å². The highest BCUT2D eigenvalue weighted by atomic mass is 16.6. The molecule has 0 radical (unpaired) electrons. The minimum atomic E-state index is -0.525. The largest absolute Gasteiger partial charge is 0.493 e. The van der Waals surface area contributed by atoms with E-state index < -0.39 is 5.60 Å². The Morgan fingerprint density at radius 3 is 2.62 bits per heavy atom. The minimum Gasteiger partial charge on any atom is -0.493 e. The van der Waals surface area contributed by atoms with E-state index >= 15 is 0 Å². The van der Waals surface area contributed by atoms with Crippen LogP contribution in [-0.4, -0.2) is 22.9 Å². The quantitative estimate of drug-likeness (QED) is 0.732. The Morgan fingerprint density at radius 1 is 1.19 bits per heavy atom. The van der Waals surface area contributed by atoms with Crippen LogP contribution in [0.4, 0.5) is 4.79 Å². The van der Waals surface area contributed by atoms with Crippen LogP contribution >= 0.6 is 0 Å². The van der Waals surface area contributed by atoms with Gasteiger partial charge in [-0.05, 0) is 57.4 Å². The second-order valence-electron chi connectivity index (χ2n) is 7.95. The molecule has 26 heavy (non-hydrogen) atoms. The van der Waals surface area contributed by atoms with Crippen molar-refractivity contribution in [1.82, 2.24) is 4.57 Å². The van der Waals surface area contributed by atoms with Crippen LogP contribution in [0.1, 0.15) is 33.3 Å².